The lowest BCUT2D eigenvalue weighted by Crippen LogP contribution is -2.28. The number of nitrogens with zero attached hydrogens (tertiary/aromatic N) is 1. The first-order valence-corrected chi connectivity index (χ1v) is 2.28. The zero-order valence-electron chi connectivity index (χ0n) is 4.20. The van der Waals surface area contributed by atoms with E-state index in [1.165, 1.54) is 6.34 Å². The summed E-state index contributed by atoms with van der Waals surface area (Å²) in [5, 5.41) is 0. The van der Waals surface area contributed by atoms with Crippen LogP contribution in [0.15, 0.2) is 4.99 Å². The van der Waals surface area contributed by atoms with Gasteiger partial charge < -0.3 is 4.79 Å². The highest BCUT2D eigenvalue weighted by atomic mass is 16.6. The second-order valence-electron chi connectivity index (χ2n) is 1.41. The fraction of sp³-hybridized carbons (Fsp3) is 0.500. The number of carbonyl (C=O) groups is 1. The van der Waals surface area contributed by atoms with E-state index in [0.29, 0.717) is 6.61 Å². The Balaban J connectivity index is 2.42. The Bertz CT molecular complexity index is 113. The highest BCUT2D eigenvalue weighted by Crippen LogP contribution is 1.88. The molecule has 1 aliphatic rings. The largest absolute Gasteiger partial charge is 0.301 e. The van der Waals surface area contributed by atoms with E-state index in [1.54, 1.807) is 0 Å². The molecule has 0 aromatic carbocycles. The van der Waals surface area contributed by atoms with Crippen molar-refractivity contribution in [2.24, 2.45) is 4.99 Å². The van der Waals surface area contributed by atoms with Crippen molar-refractivity contribution in [2.45, 2.75) is 6.04 Å². The number of hydrogen-bond acceptors (Lipinski definition) is 4. The molecule has 0 spiro atoms. The monoisotopic (exact) mass is 114 g/mol. The molecule has 0 aliphatic carbocycles. The van der Waals surface area contributed by atoms with E-state index in [9.17, 15) is 4.79 Å². The van der Waals surface area contributed by atoms with E-state index < -0.39 is 0 Å². The van der Waals surface area contributed by atoms with Crippen molar-refractivity contribution in [3.8, 4) is 0 Å². The van der Waals surface area contributed by atoms with Gasteiger partial charge in [0.2, 0.25) is 0 Å². The first-order chi connectivity index (χ1) is 3.93. The van der Waals surface area contributed by atoms with Gasteiger partial charge in [-0.05, 0) is 0 Å². The molecule has 0 aromatic rings. The van der Waals surface area contributed by atoms with Crippen LogP contribution in [-0.2, 0) is 9.63 Å². The smallest absolute Gasteiger partial charge is 0.147 e. The molecule has 1 heterocycles. The summed E-state index contributed by atoms with van der Waals surface area (Å²) in [5.41, 5.74) is 2.40. The molecule has 1 rings (SSSR count). The van der Waals surface area contributed by atoms with Crippen LogP contribution in [0.5, 0.6) is 0 Å². The molecule has 0 aromatic heterocycles. The normalized spacial score (nSPS) is 26.8. The van der Waals surface area contributed by atoms with E-state index in [2.05, 4.69) is 15.3 Å². The van der Waals surface area contributed by atoms with Crippen LogP contribution in [0.25, 0.3) is 0 Å². The molecule has 0 fully saturated rings. The third-order valence-electron chi connectivity index (χ3n) is 0.813. The summed E-state index contributed by atoms with van der Waals surface area (Å²) in [6, 6.07) is -0.309. The molecule has 1 atom stereocenters. The van der Waals surface area contributed by atoms with Crippen LogP contribution in [0.3, 0.4) is 0 Å². The summed E-state index contributed by atoms with van der Waals surface area (Å²) in [6.45, 7) is 0.333. The Morgan fingerprint density at radius 1 is 2.00 bits per heavy atom. The van der Waals surface area contributed by atoms with Crippen molar-refractivity contribution in [3.05, 3.63) is 0 Å². The summed E-state index contributed by atoms with van der Waals surface area (Å²) in [7, 11) is 0. The van der Waals surface area contributed by atoms with Crippen molar-refractivity contribution in [1.82, 2.24) is 5.48 Å². The topological polar surface area (TPSA) is 50.7 Å². The predicted molar refractivity (Wildman–Crippen MR) is 27.4 cm³/mol. The Kier molecular flexibility index (Phi) is 1.58. The predicted octanol–water partition coefficient (Wildman–Crippen LogP) is -0.883. The third kappa shape index (κ3) is 1.04. The molecule has 0 bridgehead atoms. The molecule has 1 unspecified atom stereocenters. The maximum atomic E-state index is 9.94. The average molecular weight is 114 g/mol. The van der Waals surface area contributed by atoms with Gasteiger partial charge in [-0.15, -0.1) is 0 Å². The Labute approximate surface area is 46.5 Å². The standard InChI is InChI=1S/C4H6N2O2/c7-1-4-2-8-6-3-5-4/h1,3-4H,2H2,(H,5,6). The van der Waals surface area contributed by atoms with Gasteiger partial charge in [-0.2, -0.15) is 0 Å². The summed E-state index contributed by atoms with van der Waals surface area (Å²) >= 11 is 0. The zero-order chi connectivity index (χ0) is 5.82. The van der Waals surface area contributed by atoms with Crippen LogP contribution >= 0.6 is 0 Å². The van der Waals surface area contributed by atoms with Gasteiger partial charge in [0.25, 0.3) is 0 Å². The molecule has 0 saturated heterocycles. The van der Waals surface area contributed by atoms with Crippen molar-refractivity contribution in [3.63, 3.8) is 0 Å². The van der Waals surface area contributed by atoms with E-state index in [4.69, 9.17) is 0 Å². The van der Waals surface area contributed by atoms with E-state index >= 15 is 0 Å². The van der Waals surface area contributed by atoms with Gasteiger partial charge in [0.05, 0.1) is 0 Å². The molecule has 0 saturated carbocycles. The van der Waals surface area contributed by atoms with Crippen LogP contribution in [0, 0.1) is 0 Å². The summed E-state index contributed by atoms with van der Waals surface area (Å²) in [5.74, 6) is 0. The average Bonchev–Trinajstić information content (AvgIpc) is 1.90. The number of hydrogen-bond donors (Lipinski definition) is 1. The number of hydroxylamine groups is 1. The lowest BCUT2D eigenvalue weighted by atomic mass is 10.4. The minimum absolute atomic E-state index is 0.309. The minimum atomic E-state index is -0.309. The second kappa shape index (κ2) is 2.42. The second-order valence-corrected chi connectivity index (χ2v) is 1.41. The van der Waals surface area contributed by atoms with Gasteiger partial charge in [-0.3, -0.25) is 15.3 Å². The Hall–Kier alpha value is -0.900. The number of aliphatic imine (C=N–C) groups is 1. The first kappa shape index (κ1) is 5.24. The summed E-state index contributed by atoms with van der Waals surface area (Å²) in [6.07, 6.45) is 2.11. The molecular weight excluding hydrogens is 108 g/mol. The fourth-order valence-corrected chi connectivity index (χ4v) is 0.414. The van der Waals surface area contributed by atoms with Crippen molar-refractivity contribution < 1.29 is 9.63 Å². The molecule has 8 heavy (non-hydrogen) atoms. The van der Waals surface area contributed by atoms with Gasteiger partial charge in [0.1, 0.15) is 25.3 Å². The van der Waals surface area contributed by atoms with Crippen LogP contribution in [0.1, 0.15) is 0 Å². The van der Waals surface area contributed by atoms with E-state index in [-0.39, 0.29) is 6.04 Å². The lowest BCUT2D eigenvalue weighted by molar-refractivity contribution is -0.110. The molecule has 4 nitrogen and oxygen atoms in total. The van der Waals surface area contributed by atoms with Gasteiger partial charge in [-0.1, -0.05) is 0 Å². The van der Waals surface area contributed by atoms with Crippen molar-refractivity contribution >= 4 is 12.6 Å². The lowest BCUT2D eigenvalue weighted by Gasteiger charge is -2.09. The van der Waals surface area contributed by atoms with E-state index in [0.717, 1.165) is 6.29 Å². The van der Waals surface area contributed by atoms with Crippen LogP contribution in [-0.4, -0.2) is 25.3 Å². The highest BCUT2D eigenvalue weighted by Gasteiger charge is 2.05. The molecular formula is C4H6N2O2. The Morgan fingerprint density at radius 2 is 2.88 bits per heavy atom. The number of carbonyl (C=O) groups excluding carboxylic acids is 1. The molecule has 1 N–H and O–H groups in total. The molecule has 0 radical (unpaired) electrons. The van der Waals surface area contributed by atoms with Crippen molar-refractivity contribution in [2.75, 3.05) is 6.61 Å². The van der Waals surface area contributed by atoms with E-state index in [1.807, 2.05) is 0 Å². The Morgan fingerprint density at radius 3 is 3.25 bits per heavy atom. The molecule has 1 aliphatic heterocycles. The van der Waals surface area contributed by atoms with Gasteiger partial charge in [-0.25, -0.2) is 0 Å². The number of nitrogens with one attached hydrogen (secondary N) is 1. The molecule has 0 amide bonds. The maximum absolute atomic E-state index is 9.94. The summed E-state index contributed by atoms with van der Waals surface area (Å²) in [4.78, 5) is 18.3. The molecule has 4 heteroatoms. The molecule has 44 valence electrons. The van der Waals surface area contributed by atoms with Gasteiger partial charge in [0, 0.05) is 0 Å². The third-order valence-corrected chi connectivity index (χ3v) is 0.813. The van der Waals surface area contributed by atoms with Crippen LogP contribution in [0.2, 0.25) is 0 Å². The van der Waals surface area contributed by atoms with Crippen molar-refractivity contribution in [1.29, 1.82) is 0 Å². The number of aldehydes is 1. The SMILES string of the molecule is O=CC1CONC=N1. The van der Waals surface area contributed by atoms with Gasteiger partial charge >= 0.3 is 0 Å². The quantitative estimate of drug-likeness (QED) is 0.450. The minimum Gasteiger partial charge on any atom is -0.301 e. The van der Waals surface area contributed by atoms with Crippen LogP contribution in [0.4, 0.5) is 0 Å². The first-order valence-electron chi connectivity index (χ1n) is 2.28. The van der Waals surface area contributed by atoms with Gasteiger partial charge in [0.15, 0.2) is 0 Å². The fourth-order valence-electron chi connectivity index (χ4n) is 0.414. The maximum Gasteiger partial charge on any atom is 0.147 e. The number of rotatable bonds is 1. The van der Waals surface area contributed by atoms with Crippen LogP contribution < -0.4 is 5.48 Å². The zero-order valence-corrected chi connectivity index (χ0v) is 4.20. The summed E-state index contributed by atoms with van der Waals surface area (Å²) < 4.78 is 0. The highest BCUT2D eigenvalue weighted by molar-refractivity contribution is 5.64.